The predicted octanol–water partition coefficient (Wildman–Crippen LogP) is 2.16. The summed E-state index contributed by atoms with van der Waals surface area (Å²) in [5, 5.41) is 0. The zero-order chi connectivity index (χ0) is 8.43. The summed E-state index contributed by atoms with van der Waals surface area (Å²) in [5.41, 5.74) is 2.19. The van der Waals surface area contributed by atoms with Gasteiger partial charge in [-0.3, -0.25) is 0 Å². The van der Waals surface area contributed by atoms with Crippen LogP contribution >= 0.6 is 0 Å². The van der Waals surface area contributed by atoms with Gasteiger partial charge < -0.3 is 4.90 Å². The summed E-state index contributed by atoms with van der Waals surface area (Å²) >= 11 is 0. The van der Waals surface area contributed by atoms with Crippen LogP contribution in [0.25, 0.3) is 0 Å². The molecule has 0 N–H and O–H groups in total. The number of hydrogen-bond donors (Lipinski definition) is 0. The van der Waals surface area contributed by atoms with E-state index in [0.717, 1.165) is 11.3 Å². The topological polar surface area (TPSA) is 15.6 Å². The molecule has 1 rings (SSSR count). The van der Waals surface area contributed by atoms with Crippen LogP contribution in [0.15, 0.2) is 29.0 Å². The van der Waals surface area contributed by atoms with E-state index in [4.69, 9.17) is 0 Å². The molecule has 0 unspecified atom stereocenters. The summed E-state index contributed by atoms with van der Waals surface area (Å²) < 4.78 is 0. The summed E-state index contributed by atoms with van der Waals surface area (Å²) in [6, 6.07) is 0.440. The van der Waals surface area contributed by atoms with Gasteiger partial charge >= 0.3 is 0 Å². The molecule has 0 aliphatic carbocycles. The molecule has 1 aliphatic rings. The van der Waals surface area contributed by atoms with Crippen molar-refractivity contribution in [1.29, 1.82) is 0 Å². The van der Waals surface area contributed by atoms with Gasteiger partial charge in [0.1, 0.15) is 0 Å². The Bertz CT molecular complexity index is 224. The fourth-order valence-electron chi connectivity index (χ4n) is 1.01. The number of allylic oxidation sites excluding steroid dienone is 1. The van der Waals surface area contributed by atoms with Crippen LogP contribution in [0.5, 0.6) is 0 Å². The Morgan fingerprint density at radius 3 is 2.64 bits per heavy atom. The average Bonchev–Trinajstić information content (AvgIpc) is 1.94. The van der Waals surface area contributed by atoms with E-state index >= 15 is 0 Å². The molecule has 0 spiro atoms. The molecule has 11 heavy (non-hydrogen) atoms. The molecule has 2 nitrogen and oxygen atoms in total. The summed E-state index contributed by atoms with van der Waals surface area (Å²) in [5.74, 6) is 0. The van der Waals surface area contributed by atoms with Gasteiger partial charge in [0.25, 0.3) is 0 Å². The lowest BCUT2D eigenvalue weighted by molar-refractivity contribution is 0.441. The van der Waals surface area contributed by atoms with E-state index in [0.29, 0.717) is 6.04 Å². The molecule has 0 aromatic rings. The second-order valence-electron chi connectivity index (χ2n) is 3.02. The van der Waals surface area contributed by atoms with Crippen molar-refractivity contribution in [3.05, 3.63) is 24.0 Å². The molecule has 0 aromatic carbocycles. The first-order valence-corrected chi connectivity index (χ1v) is 3.80. The van der Waals surface area contributed by atoms with Crippen molar-refractivity contribution in [3.8, 4) is 0 Å². The molecule has 60 valence electrons. The van der Waals surface area contributed by atoms with Crippen LogP contribution in [-0.4, -0.2) is 17.3 Å². The summed E-state index contributed by atoms with van der Waals surface area (Å²) in [4.78, 5) is 6.15. The standard InChI is InChI=1S/C9H14N2/c1-7(2)11-6-10-5-8(3)9(11)4/h5-7H,4H2,1-3H3. The van der Waals surface area contributed by atoms with Crippen molar-refractivity contribution in [3.63, 3.8) is 0 Å². The van der Waals surface area contributed by atoms with Gasteiger partial charge in [0, 0.05) is 17.9 Å². The van der Waals surface area contributed by atoms with Gasteiger partial charge in [-0.25, -0.2) is 4.99 Å². The van der Waals surface area contributed by atoms with Gasteiger partial charge in [-0.05, 0) is 26.3 Å². The minimum atomic E-state index is 0.440. The molecule has 0 aromatic heterocycles. The van der Waals surface area contributed by atoms with Crippen molar-refractivity contribution in [2.75, 3.05) is 0 Å². The van der Waals surface area contributed by atoms with Crippen molar-refractivity contribution in [2.24, 2.45) is 4.99 Å². The maximum absolute atomic E-state index is 4.09. The first-order valence-electron chi connectivity index (χ1n) is 3.80. The highest BCUT2D eigenvalue weighted by Crippen LogP contribution is 2.17. The van der Waals surface area contributed by atoms with E-state index in [2.05, 4.69) is 30.3 Å². The molecule has 0 radical (unpaired) electrons. The van der Waals surface area contributed by atoms with E-state index in [1.54, 1.807) is 0 Å². The van der Waals surface area contributed by atoms with Crippen LogP contribution in [0.2, 0.25) is 0 Å². The Labute approximate surface area is 67.9 Å². The molecule has 0 amide bonds. The van der Waals surface area contributed by atoms with E-state index < -0.39 is 0 Å². The zero-order valence-electron chi connectivity index (χ0n) is 7.33. The van der Waals surface area contributed by atoms with Gasteiger partial charge in [0.15, 0.2) is 0 Å². The van der Waals surface area contributed by atoms with Gasteiger partial charge in [-0.2, -0.15) is 0 Å². The largest absolute Gasteiger partial charge is 0.330 e. The van der Waals surface area contributed by atoms with Crippen LogP contribution in [0, 0.1) is 0 Å². The molecule has 0 saturated carbocycles. The maximum Gasteiger partial charge on any atom is 0.0951 e. The molecule has 2 heteroatoms. The van der Waals surface area contributed by atoms with Crippen LogP contribution in [-0.2, 0) is 0 Å². The molecule has 1 aliphatic heterocycles. The Hall–Kier alpha value is -1.05. The Balaban J connectivity index is 2.82. The maximum atomic E-state index is 4.09. The van der Waals surface area contributed by atoms with Crippen molar-refractivity contribution in [2.45, 2.75) is 26.8 Å². The monoisotopic (exact) mass is 150 g/mol. The lowest BCUT2D eigenvalue weighted by Gasteiger charge is -2.28. The molecular formula is C9H14N2. The van der Waals surface area contributed by atoms with Gasteiger partial charge in [-0.1, -0.05) is 6.58 Å². The van der Waals surface area contributed by atoms with E-state index in [1.807, 2.05) is 19.5 Å². The summed E-state index contributed by atoms with van der Waals surface area (Å²) in [7, 11) is 0. The van der Waals surface area contributed by atoms with Crippen LogP contribution in [0.4, 0.5) is 0 Å². The highest BCUT2D eigenvalue weighted by molar-refractivity contribution is 5.63. The second kappa shape index (κ2) is 2.91. The fourth-order valence-corrected chi connectivity index (χ4v) is 1.01. The highest BCUT2D eigenvalue weighted by atomic mass is 15.2. The average molecular weight is 150 g/mol. The minimum absolute atomic E-state index is 0.440. The van der Waals surface area contributed by atoms with Crippen LogP contribution < -0.4 is 0 Å². The second-order valence-corrected chi connectivity index (χ2v) is 3.02. The SMILES string of the molecule is C=C1C(C)=CN=CN1C(C)C. The fraction of sp³-hybridized carbons (Fsp3) is 0.444. The third-order valence-corrected chi connectivity index (χ3v) is 1.78. The molecule has 1 heterocycles. The molecule has 0 fully saturated rings. The number of hydrogen-bond acceptors (Lipinski definition) is 2. The normalized spacial score (nSPS) is 17.6. The third kappa shape index (κ3) is 1.50. The molecule has 0 bridgehead atoms. The number of aliphatic imine (C=N–C) groups is 1. The van der Waals surface area contributed by atoms with Crippen molar-refractivity contribution < 1.29 is 0 Å². The molecule has 0 saturated heterocycles. The highest BCUT2D eigenvalue weighted by Gasteiger charge is 2.12. The number of nitrogens with zero attached hydrogens (tertiary/aromatic N) is 2. The minimum Gasteiger partial charge on any atom is -0.330 e. The lowest BCUT2D eigenvalue weighted by Crippen LogP contribution is -2.30. The number of rotatable bonds is 1. The smallest absolute Gasteiger partial charge is 0.0951 e. The van der Waals surface area contributed by atoms with Crippen molar-refractivity contribution in [1.82, 2.24) is 4.90 Å². The van der Waals surface area contributed by atoms with E-state index in [-0.39, 0.29) is 0 Å². The zero-order valence-corrected chi connectivity index (χ0v) is 7.33. The molecule has 0 atom stereocenters. The lowest BCUT2D eigenvalue weighted by atomic mass is 10.2. The van der Waals surface area contributed by atoms with E-state index in [1.165, 1.54) is 0 Å². The summed E-state index contributed by atoms with van der Waals surface area (Å²) in [6.45, 7) is 10.2. The quantitative estimate of drug-likeness (QED) is 0.559. The first-order chi connectivity index (χ1) is 5.13. The Morgan fingerprint density at radius 1 is 1.55 bits per heavy atom. The Kier molecular flexibility index (Phi) is 2.13. The predicted molar refractivity (Wildman–Crippen MR) is 48.4 cm³/mol. The van der Waals surface area contributed by atoms with Crippen LogP contribution in [0.3, 0.4) is 0 Å². The molecular weight excluding hydrogens is 136 g/mol. The van der Waals surface area contributed by atoms with Gasteiger partial charge in [-0.15, -0.1) is 0 Å². The third-order valence-electron chi connectivity index (χ3n) is 1.78. The Morgan fingerprint density at radius 2 is 2.18 bits per heavy atom. The van der Waals surface area contributed by atoms with Crippen molar-refractivity contribution >= 4 is 6.34 Å². The van der Waals surface area contributed by atoms with E-state index in [9.17, 15) is 0 Å². The first kappa shape index (κ1) is 8.05. The summed E-state index contributed by atoms with van der Waals surface area (Å²) in [6.07, 6.45) is 3.65. The van der Waals surface area contributed by atoms with Gasteiger partial charge in [0.05, 0.1) is 6.34 Å². The van der Waals surface area contributed by atoms with Crippen LogP contribution in [0.1, 0.15) is 20.8 Å². The van der Waals surface area contributed by atoms with Gasteiger partial charge in [0.2, 0.25) is 0 Å².